The predicted octanol–water partition coefficient (Wildman–Crippen LogP) is 0.425. The molecule has 0 aromatic carbocycles. The third-order valence-electron chi connectivity index (χ3n) is 2.04. The van der Waals surface area contributed by atoms with Crippen molar-refractivity contribution in [1.82, 2.24) is 4.90 Å². The molecule has 1 atom stereocenters. The van der Waals surface area contributed by atoms with Crippen molar-refractivity contribution in [3.63, 3.8) is 0 Å². The molecule has 13 heavy (non-hydrogen) atoms. The number of thioether (sulfide) groups is 1. The van der Waals surface area contributed by atoms with Crippen molar-refractivity contribution < 1.29 is 14.7 Å². The number of carboxylic acids is 1. The molecule has 1 fully saturated rings. The van der Waals surface area contributed by atoms with Gasteiger partial charge < -0.3 is 10.0 Å². The molecular weight excluding hydrogens is 190 g/mol. The summed E-state index contributed by atoms with van der Waals surface area (Å²) in [6.45, 7) is 2.17. The second-order valence-corrected chi connectivity index (χ2v) is 4.19. The van der Waals surface area contributed by atoms with E-state index >= 15 is 0 Å². The summed E-state index contributed by atoms with van der Waals surface area (Å²) in [5.74, 6) is 0.798. The number of amides is 1. The highest BCUT2D eigenvalue weighted by Crippen LogP contribution is 2.18. The molecule has 0 saturated carbocycles. The third kappa shape index (κ3) is 2.91. The topological polar surface area (TPSA) is 57.6 Å². The van der Waals surface area contributed by atoms with Crippen LogP contribution >= 0.6 is 11.8 Å². The van der Waals surface area contributed by atoms with Gasteiger partial charge >= 0.3 is 5.97 Å². The Morgan fingerprint density at radius 3 is 2.85 bits per heavy atom. The molecule has 1 heterocycles. The normalized spacial score (nSPS) is 22.8. The predicted molar refractivity (Wildman–Crippen MR) is 50.8 cm³/mol. The lowest BCUT2D eigenvalue weighted by Crippen LogP contribution is -2.46. The Hall–Kier alpha value is -0.710. The van der Waals surface area contributed by atoms with Crippen molar-refractivity contribution in [3.8, 4) is 0 Å². The average molecular weight is 203 g/mol. The highest BCUT2D eigenvalue weighted by atomic mass is 32.2. The van der Waals surface area contributed by atoms with Crippen molar-refractivity contribution in [1.29, 1.82) is 0 Å². The van der Waals surface area contributed by atoms with E-state index in [4.69, 9.17) is 5.11 Å². The Balaban J connectivity index is 2.56. The summed E-state index contributed by atoms with van der Waals surface area (Å²) in [4.78, 5) is 23.3. The largest absolute Gasteiger partial charge is 0.481 e. The van der Waals surface area contributed by atoms with Gasteiger partial charge in [0.05, 0.1) is 12.5 Å². The van der Waals surface area contributed by atoms with Gasteiger partial charge in [0, 0.05) is 25.0 Å². The van der Waals surface area contributed by atoms with E-state index in [1.165, 1.54) is 6.92 Å². The number of hydrogen-bond donors (Lipinski definition) is 1. The molecule has 0 spiro atoms. The molecule has 1 aliphatic rings. The Bertz CT molecular complexity index is 219. The van der Waals surface area contributed by atoms with Crippen molar-refractivity contribution >= 4 is 23.6 Å². The molecule has 4 nitrogen and oxygen atoms in total. The minimum absolute atomic E-state index is 0.0217. The molecule has 5 heteroatoms. The monoisotopic (exact) mass is 203 g/mol. The zero-order chi connectivity index (χ0) is 9.84. The molecule has 1 aliphatic heterocycles. The first-order valence-corrected chi connectivity index (χ1v) is 5.33. The zero-order valence-electron chi connectivity index (χ0n) is 7.52. The summed E-state index contributed by atoms with van der Waals surface area (Å²) in [6.07, 6.45) is 0.0621. The van der Waals surface area contributed by atoms with E-state index in [1.54, 1.807) is 16.7 Å². The second-order valence-electron chi connectivity index (χ2n) is 3.04. The van der Waals surface area contributed by atoms with Gasteiger partial charge in [0.15, 0.2) is 0 Å². The van der Waals surface area contributed by atoms with E-state index in [1.807, 2.05) is 0 Å². The van der Waals surface area contributed by atoms with E-state index in [0.717, 1.165) is 11.5 Å². The van der Waals surface area contributed by atoms with Crippen LogP contribution in [-0.4, -0.2) is 46.0 Å². The fraction of sp³-hybridized carbons (Fsp3) is 0.750. The molecular formula is C8H13NO3S. The number of nitrogens with zero attached hydrogens (tertiary/aromatic N) is 1. The van der Waals surface area contributed by atoms with Gasteiger partial charge in [-0.3, -0.25) is 9.59 Å². The molecule has 1 N–H and O–H groups in total. The van der Waals surface area contributed by atoms with Gasteiger partial charge in [-0.2, -0.15) is 11.8 Å². The molecule has 0 radical (unpaired) electrons. The quantitative estimate of drug-likeness (QED) is 0.707. The minimum Gasteiger partial charge on any atom is -0.481 e. The van der Waals surface area contributed by atoms with Crippen LogP contribution in [0.25, 0.3) is 0 Å². The molecule has 0 aliphatic carbocycles. The Labute approximate surface area is 81.3 Å². The minimum atomic E-state index is -0.834. The number of carbonyl (C=O) groups excluding carboxylic acids is 1. The van der Waals surface area contributed by atoms with Crippen LogP contribution in [0.4, 0.5) is 0 Å². The van der Waals surface area contributed by atoms with E-state index in [9.17, 15) is 9.59 Å². The Morgan fingerprint density at radius 2 is 2.31 bits per heavy atom. The Morgan fingerprint density at radius 1 is 1.62 bits per heavy atom. The molecule has 1 rings (SSSR count). The summed E-state index contributed by atoms with van der Waals surface area (Å²) in [5, 5.41) is 8.62. The standard InChI is InChI=1S/C8H13NO3S/c1-6(10)9-2-3-13-5-7(9)4-8(11)12/h7H,2-5H2,1H3,(H,11,12). The second kappa shape index (κ2) is 4.50. The first kappa shape index (κ1) is 10.4. The van der Waals surface area contributed by atoms with E-state index < -0.39 is 5.97 Å². The number of hydrogen-bond acceptors (Lipinski definition) is 3. The van der Waals surface area contributed by atoms with Crippen molar-refractivity contribution in [3.05, 3.63) is 0 Å². The lowest BCUT2D eigenvalue weighted by Gasteiger charge is -2.33. The molecule has 0 aromatic rings. The van der Waals surface area contributed by atoms with Crippen LogP contribution in [0.2, 0.25) is 0 Å². The van der Waals surface area contributed by atoms with Crippen LogP contribution in [0, 0.1) is 0 Å². The molecule has 1 unspecified atom stereocenters. The maximum absolute atomic E-state index is 11.1. The summed E-state index contributed by atoms with van der Waals surface area (Å²) >= 11 is 1.71. The first-order chi connectivity index (χ1) is 6.11. The van der Waals surface area contributed by atoms with Crippen molar-refractivity contribution in [2.24, 2.45) is 0 Å². The van der Waals surface area contributed by atoms with Gasteiger partial charge in [-0.1, -0.05) is 0 Å². The zero-order valence-corrected chi connectivity index (χ0v) is 8.34. The lowest BCUT2D eigenvalue weighted by molar-refractivity contribution is -0.139. The number of aliphatic carboxylic acids is 1. The summed E-state index contributed by atoms with van der Waals surface area (Å²) in [7, 11) is 0. The number of carbonyl (C=O) groups is 2. The first-order valence-electron chi connectivity index (χ1n) is 4.18. The summed E-state index contributed by atoms with van der Waals surface area (Å²) in [5.41, 5.74) is 0. The van der Waals surface area contributed by atoms with Gasteiger partial charge in [-0.15, -0.1) is 0 Å². The maximum atomic E-state index is 11.1. The van der Waals surface area contributed by atoms with Crippen LogP contribution in [0.5, 0.6) is 0 Å². The van der Waals surface area contributed by atoms with Crippen LogP contribution in [0.15, 0.2) is 0 Å². The van der Waals surface area contributed by atoms with Crippen LogP contribution < -0.4 is 0 Å². The van der Waals surface area contributed by atoms with Crippen molar-refractivity contribution in [2.75, 3.05) is 18.1 Å². The smallest absolute Gasteiger partial charge is 0.305 e. The van der Waals surface area contributed by atoms with Gasteiger partial charge in [-0.25, -0.2) is 0 Å². The average Bonchev–Trinajstić information content (AvgIpc) is 2.03. The number of rotatable bonds is 2. The fourth-order valence-electron chi connectivity index (χ4n) is 1.44. The van der Waals surface area contributed by atoms with Gasteiger partial charge in [0.2, 0.25) is 5.91 Å². The lowest BCUT2D eigenvalue weighted by atomic mass is 10.2. The van der Waals surface area contributed by atoms with E-state index in [0.29, 0.717) is 6.54 Å². The SMILES string of the molecule is CC(=O)N1CCSCC1CC(=O)O. The van der Waals surface area contributed by atoms with Crippen LogP contribution in [0.3, 0.4) is 0 Å². The van der Waals surface area contributed by atoms with Gasteiger partial charge in [0.25, 0.3) is 0 Å². The maximum Gasteiger partial charge on any atom is 0.305 e. The number of carboxylic acid groups (broad SMARTS) is 1. The van der Waals surface area contributed by atoms with E-state index in [2.05, 4.69) is 0 Å². The highest BCUT2D eigenvalue weighted by molar-refractivity contribution is 7.99. The fourth-order valence-corrected chi connectivity index (χ4v) is 2.50. The molecule has 0 bridgehead atoms. The van der Waals surface area contributed by atoms with Crippen molar-refractivity contribution in [2.45, 2.75) is 19.4 Å². The van der Waals surface area contributed by atoms with Crippen LogP contribution in [-0.2, 0) is 9.59 Å². The molecule has 1 amide bonds. The van der Waals surface area contributed by atoms with Gasteiger partial charge in [-0.05, 0) is 0 Å². The van der Waals surface area contributed by atoms with Crippen LogP contribution in [0.1, 0.15) is 13.3 Å². The summed E-state index contributed by atoms with van der Waals surface area (Å²) in [6, 6.07) is -0.117. The summed E-state index contributed by atoms with van der Waals surface area (Å²) < 4.78 is 0. The van der Waals surface area contributed by atoms with E-state index in [-0.39, 0.29) is 18.4 Å². The highest BCUT2D eigenvalue weighted by Gasteiger charge is 2.26. The molecule has 74 valence electrons. The Kier molecular flexibility index (Phi) is 3.59. The molecule has 0 aromatic heterocycles. The molecule has 1 saturated heterocycles. The van der Waals surface area contributed by atoms with Gasteiger partial charge in [0.1, 0.15) is 0 Å². The third-order valence-corrected chi connectivity index (χ3v) is 3.13.